The summed E-state index contributed by atoms with van der Waals surface area (Å²) in [4.78, 5) is 16.1. The topological polar surface area (TPSA) is 38.7 Å². The summed E-state index contributed by atoms with van der Waals surface area (Å²) in [5.74, 6) is -0.182. The Hall–Kier alpha value is -1.91. The quantitative estimate of drug-likeness (QED) is 0.585. The summed E-state index contributed by atoms with van der Waals surface area (Å²) < 4.78 is 6.14. The molecule has 1 heterocycles. The Morgan fingerprint density at radius 2 is 1.81 bits per heavy atom. The molecule has 0 atom stereocenters. The third-order valence-corrected chi connectivity index (χ3v) is 3.78. The minimum absolute atomic E-state index is 0.237. The number of carbonyl (C=O) groups is 1. The van der Waals surface area contributed by atoms with Crippen molar-refractivity contribution >= 4 is 45.5 Å². The standard InChI is InChI=1S/C16H9BrClNO2/c17-12-7-5-10(6-8-12)15-19-14(16(20)21-15)9-11-3-1-2-4-13(11)18/h1-9H/b14-9+. The van der Waals surface area contributed by atoms with E-state index in [0.29, 0.717) is 10.9 Å². The first-order valence-corrected chi connectivity index (χ1v) is 7.33. The van der Waals surface area contributed by atoms with Crippen molar-refractivity contribution in [2.45, 2.75) is 0 Å². The molecule has 2 aromatic rings. The molecule has 0 saturated carbocycles. The van der Waals surface area contributed by atoms with Crippen LogP contribution >= 0.6 is 27.5 Å². The number of carbonyl (C=O) groups excluding carboxylic acids is 1. The molecule has 5 heteroatoms. The van der Waals surface area contributed by atoms with Gasteiger partial charge in [-0.1, -0.05) is 45.7 Å². The van der Waals surface area contributed by atoms with Gasteiger partial charge in [0, 0.05) is 15.1 Å². The highest BCUT2D eigenvalue weighted by Crippen LogP contribution is 2.23. The summed E-state index contributed by atoms with van der Waals surface area (Å²) in [6.45, 7) is 0. The highest BCUT2D eigenvalue weighted by molar-refractivity contribution is 9.10. The van der Waals surface area contributed by atoms with Crippen molar-refractivity contribution in [2.24, 2.45) is 4.99 Å². The van der Waals surface area contributed by atoms with Crippen molar-refractivity contribution in [2.75, 3.05) is 0 Å². The summed E-state index contributed by atoms with van der Waals surface area (Å²) >= 11 is 9.43. The van der Waals surface area contributed by atoms with Crippen molar-refractivity contribution in [3.63, 3.8) is 0 Å². The molecule has 3 nitrogen and oxygen atoms in total. The van der Waals surface area contributed by atoms with Crippen molar-refractivity contribution < 1.29 is 9.53 Å². The predicted molar refractivity (Wildman–Crippen MR) is 86.2 cm³/mol. The Bertz CT molecular complexity index is 766. The third-order valence-electron chi connectivity index (χ3n) is 2.91. The highest BCUT2D eigenvalue weighted by Gasteiger charge is 2.24. The second-order valence-corrected chi connectivity index (χ2v) is 5.69. The largest absolute Gasteiger partial charge is 0.402 e. The number of hydrogen-bond donors (Lipinski definition) is 0. The molecule has 0 spiro atoms. The first-order valence-electron chi connectivity index (χ1n) is 6.16. The van der Waals surface area contributed by atoms with Crippen LogP contribution in [0.25, 0.3) is 6.08 Å². The van der Waals surface area contributed by atoms with Crippen LogP contribution < -0.4 is 0 Å². The van der Waals surface area contributed by atoms with Gasteiger partial charge in [-0.15, -0.1) is 0 Å². The molecule has 1 aliphatic heterocycles. The zero-order chi connectivity index (χ0) is 14.8. The number of halogens is 2. The lowest BCUT2D eigenvalue weighted by molar-refractivity contribution is -0.129. The SMILES string of the molecule is O=C1OC(c2ccc(Br)cc2)=N/C1=C/c1ccccc1Cl. The fourth-order valence-electron chi connectivity index (χ4n) is 1.86. The molecule has 0 N–H and O–H groups in total. The third kappa shape index (κ3) is 3.06. The van der Waals surface area contributed by atoms with Crippen molar-refractivity contribution in [3.8, 4) is 0 Å². The zero-order valence-electron chi connectivity index (χ0n) is 10.7. The Kier molecular flexibility index (Phi) is 3.90. The first-order chi connectivity index (χ1) is 10.1. The van der Waals surface area contributed by atoms with Crippen LogP contribution in [0.2, 0.25) is 5.02 Å². The maximum Gasteiger partial charge on any atom is 0.363 e. The monoisotopic (exact) mass is 361 g/mol. The van der Waals surface area contributed by atoms with Gasteiger partial charge in [0.25, 0.3) is 0 Å². The molecule has 0 fully saturated rings. The fourth-order valence-corrected chi connectivity index (χ4v) is 2.32. The minimum Gasteiger partial charge on any atom is -0.402 e. The van der Waals surface area contributed by atoms with Gasteiger partial charge < -0.3 is 4.74 Å². The van der Waals surface area contributed by atoms with Crippen LogP contribution in [-0.4, -0.2) is 11.9 Å². The van der Waals surface area contributed by atoms with Crippen LogP contribution in [0.4, 0.5) is 0 Å². The molecular weight excluding hydrogens is 354 g/mol. The average Bonchev–Trinajstić information content (AvgIpc) is 2.83. The van der Waals surface area contributed by atoms with Crippen LogP contribution in [0, 0.1) is 0 Å². The van der Waals surface area contributed by atoms with Gasteiger partial charge in [-0.3, -0.25) is 0 Å². The van der Waals surface area contributed by atoms with E-state index >= 15 is 0 Å². The van der Waals surface area contributed by atoms with Crippen molar-refractivity contribution in [1.82, 2.24) is 0 Å². The Morgan fingerprint density at radius 3 is 2.52 bits per heavy atom. The van der Waals surface area contributed by atoms with E-state index in [1.54, 1.807) is 12.1 Å². The van der Waals surface area contributed by atoms with Gasteiger partial charge in [0.1, 0.15) is 0 Å². The molecule has 0 bridgehead atoms. The van der Waals surface area contributed by atoms with Crippen LogP contribution in [-0.2, 0) is 9.53 Å². The predicted octanol–water partition coefficient (Wildman–Crippen LogP) is 4.45. The summed E-state index contributed by atoms with van der Waals surface area (Å²) in [6, 6.07) is 14.6. The van der Waals surface area contributed by atoms with E-state index in [9.17, 15) is 4.79 Å². The van der Waals surface area contributed by atoms with Crippen LogP contribution in [0.5, 0.6) is 0 Å². The molecule has 0 aromatic heterocycles. The van der Waals surface area contributed by atoms with Gasteiger partial charge in [-0.2, -0.15) is 0 Å². The Balaban J connectivity index is 1.96. The Morgan fingerprint density at radius 1 is 1.10 bits per heavy atom. The van der Waals surface area contributed by atoms with Gasteiger partial charge in [0.05, 0.1) is 0 Å². The molecule has 0 unspecified atom stereocenters. The van der Waals surface area contributed by atoms with E-state index in [-0.39, 0.29) is 5.70 Å². The molecule has 104 valence electrons. The van der Waals surface area contributed by atoms with Crippen molar-refractivity contribution in [1.29, 1.82) is 0 Å². The molecular formula is C16H9BrClNO2. The smallest absolute Gasteiger partial charge is 0.363 e. The summed E-state index contributed by atoms with van der Waals surface area (Å²) in [5.41, 5.74) is 1.71. The molecule has 0 saturated heterocycles. The number of hydrogen-bond acceptors (Lipinski definition) is 3. The number of ether oxygens (including phenoxy) is 1. The summed E-state index contributed by atoms with van der Waals surface area (Å²) in [5, 5.41) is 0.560. The van der Waals surface area contributed by atoms with Gasteiger partial charge in [-0.25, -0.2) is 9.79 Å². The van der Waals surface area contributed by atoms with Gasteiger partial charge in [-0.05, 0) is 42.0 Å². The number of cyclic esters (lactones) is 1. The lowest BCUT2D eigenvalue weighted by Crippen LogP contribution is -2.05. The molecule has 2 aromatic carbocycles. The fraction of sp³-hybridized carbons (Fsp3) is 0. The highest BCUT2D eigenvalue weighted by atomic mass is 79.9. The number of aliphatic imine (C=N–C) groups is 1. The minimum atomic E-state index is -0.479. The van der Waals surface area contributed by atoms with E-state index in [4.69, 9.17) is 16.3 Å². The number of esters is 1. The summed E-state index contributed by atoms with van der Waals surface area (Å²) in [7, 11) is 0. The summed E-state index contributed by atoms with van der Waals surface area (Å²) in [6.07, 6.45) is 1.62. The molecule has 21 heavy (non-hydrogen) atoms. The molecule has 0 amide bonds. The maximum absolute atomic E-state index is 11.9. The molecule has 3 rings (SSSR count). The van der Waals surface area contributed by atoms with E-state index in [2.05, 4.69) is 20.9 Å². The molecule has 0 radical (unpaired) electrons. The molecule has 0 aliphatic carbocycles. The maximum atomic E-state index is 11.9. The lowest BCUT2D eigenvalue weighted by Gasteiger charge is -1.98. The van der Waals surface area contributed by atoms with E-state index in [1.165, 1.54) is 0 Å². The number of rotatable bonds is 2. The van der Waals surface area contributed by atoms with Gasteiger partial charge >= 0.3 is 5.97 Å². The van der Waals surface area contributed by atoms with Crippen LogP contribution in [0.15, 0.2) is 63.7 Å². The average molecular weight is 363 g/mol. The number of benzene rings is 2. The second-order valence-electron chi connectivity index (χ2n) is 4.36. The van der Waals surface area contributed by atoms with E-state index < -0.39 is 5.97 Å². The van der Waals surface area contributed by atoms with Gasteiger partial charge in [0.2, 0.25) is 5.90 Å². The van der Waals surface area contributed by atoms with Gasteiger partial charge in [0.15, 0.2) is 5.70 Å². The molecule has 1 aliphatic rings. The second kappa shape index (κ2) is 5.84. The van der Waals surface area contributed by atoms with Crippen LogP contribution in [0.1, 0.15) is 11.1 Å². The lowest BCUT2D eigenvalue weighted by atomic mass is 10.2. The normalized spacial score (nSPS) is 16.0. The van der Waals surface area contributed by atoms with E-state index in [0.717, 1.165) is 15.6 Å². The Labute approximate surface area is 135 Å². The first kappa shape index (κ1) is 14.0. The van der Waals surface area contributed by atoms with Crippen LogP contribution in [0.3, 0.4) is 0 Å². The number of nitrogens with zero attached hydrogens (tertiary/aromatic N) is 1. The zero-order valence-corrected chi connectivity index (χ0v) is 13.1. The van der Waals surface area contributed by atoms with E-state index in [1.807, 2.05) is 42.5 Å². The van der Waals surface area contributed by atoms with Crippen molar-refractivity contribution in [3.05, 3.63) is 74.9 Å².